The van der Waals surface area contributed by atoms with E-state index >= 15 is 0 Å². The average Bonchev–Trinajstić information content (AvgIpc) is 2.86. The SMILES string of the molecule is FC(F)(F)c1ccc(Oc2cc3ccc4cc(Oc5ccc(C(F)(F)F)cc5)cc5ccc(c2)c3c45)cc1. The van der Waals surface area contributed by atoms with Gasteiger partial charge >= 0.3 is 12.4 Å². The molecule has 0 atom stereocenters. The molecule has 38 heavy (non-hydrogen) atoms. The van der Waals surface area contributed by atoms with Gasteiger partial charge < -0.3 is 9.47 Å². The molecule has 2 nitrogen and oxygen atoms in total. The molecule has 0 saturated carbocycles. The molecule has 8 heteroatoms. The molecule has 0 amide bonds. The van der Waals surface area contributed by atoms with E-state index in [4.69, 9.17) is 9.47 Å². The number of ether oxygens (including phenoxy) is 2. The topological polar surface area (TPSA) is 18.5 Å². The van der Waals surface area contributed by atoms with Crippen molar-refractivity contribution in [1.29, 1.82) is 0 Å². The fourth-order valence-electron chi connectivity index (χ4n) is 4.59. The van der Waals surface area contributed by atoms with Gasteiger partial charge in [0.2, 0.25) is 0 Å². The van der Waals surface area contributed by atoms with Gasteiger partial charge in [0, 0.05) is 0 Å². The zero-order valence-corrected chi connectivity index (χ0v) is 19.3. The maximum Gasteiger partial charge on any atom is 0.416 e. The summed E-state index contributed by atoms with van der Waals surface area (Å²) in [7, 11) is 0. The van der Waals surface area contributed by atoms with Crippen molar-refractivity contribution in [3.8, 4) is 23.0 Å². The van der Waals surface area contributed by atoms with Crippen LogP contribution in [0.3, 0.4) is 0 Å². The predicted molar refractivity (Wildman–Crippen MR) is 133 cm³/mol. The van der Waals surface area contributed by atoms with Crippen LogP contribution in [0.25, 0.3) is 32.3 Å². The quantitative estimate of drug-likeness (QED) is 0.169. The highest BCUT2D eigenvalue weighted by Crippen LogP contribution is 2.41. The Hall–Kier alpha value is -4.46. The van der Waals surface area contributed by atoms with Crippen molar-refractivity contribution in [2.24, 2.45) is 0 Å². The number of hydrogen-bond acceptors (Lipinski definition) is 2. The number of halogens is 6. The molecule has 6 rings (SSSR count). The second-order valence-electron chi connectivity index (χ2n) is 8.87. The van der Waals surface area contributed by atoms with Gasteiger partial charge in [-0.3, -0.25) is 0 Å². The zero-order chi connectivity index (χ0) is 26.7. The Bertz CT molecular complexity index is 1570. The fraction of sp³-hybridized carbons (Fsp3) is 0.0667. The minimum Gasteiger partial charge on any atom is -0.457 e. The van der Waals surface area contributed by atoms with Crippen LogP contribution in [0.1, 0.15) is 11.1 Å². The van der Waals surface area contributed by atoms with E-state index in [1.54, 1.807) is 0 Å². The van der Waals surface area contributed by atoms with Gasteiger partial charge in [0.1, 0.15) is 23.0 Å². The van der Waals surface area contributed by atoms with Crippen molar-refractivity contribution >= 4 is 32.3 Å². The van der Waals surface area contributed by atoms with Crippen molar-refractivity contribution in [1.82, 2.24) is 0 Å². The van der Waals surface area contributed by atoms with Gasteiger partial charge in [0.05, 0.1) is 11.1 Å². The van der Waals surface area contributed by atoms with E-state index in [0.717, 1.165) is 56.6 Å². The molecular weight excluding hydrogens is 506 g/mol. The molecule has 0 spiro atoms. The Morgan fingerprint density at radius 3 is 0.921 bits per heavy atom. The summed E-state index contributed by atoms with van der Waals surface area (Å²) >= 11 is 0. The first kappa shape index (κ1) is 23.9. The molecule has 190 valence electrons. The first-order valence-corrected chi connectivity index (χ1v) is 11.5. The molecule has 0 fully saturated rings. The van der Waals surface area contributed by atoms with E-state index in [-0.39, 0.29) is 11.5 Å². The monoisotopic (exact) mass is 522 g/mol. The molecule has 0 bridgehead atoms. The minimum absolute atomic E-state index is 0.288. The Morgan fingerprint density at radius 2 is 0.658 bits per heavy atom. The summed E-state index contributed by atoms with van der Waals surface area (Å²) in [4.78, 5) is 0. The number of alkyl halides is 6. The van der Waals surface area contributed by atoms with Crippen LogP contribution in [-0.4, -0.2) is 0 Å². The van der Waals surface area contributed by atoms with E-state index in [1.807, 2.05) is 48.5 Å². The molecule has 0 saturated heterocycles. The number of hydrogen-bond donors (Lipinski definition) is 0. The van der Waals surface area contributed by atoms with E-state index in [2.05, 4.69) is 0 Å². The minimum atomic E-state index is -4.42. The first-order chi connectivity index (χ1) is 18.0. The van der Waals surface area contributed by atoms with Crippen molar-refractivity contribution in [3.63, 3.8) is 0 Å². The van der Waals surface area contributed by atoms with Crippen LogP contribution in [0.15, 0.2) is 97.1 Å². The standard InChI is InChI=1S/C30H16F6O2/c31-29(32,33)21-5-9-23(10-6-21)37-25-13-17-1-2-18-14-26(16-20-4-3-19(15-25)27(17)28(18)20)38-24-11-7-22(8-12-24)30(34,35)36/h1-16H. The number of benzene rings is 6. The van der Waals surface area contributed by atoms with Crippen LogP contribution in [-0.2, 0) is 12.4 Å². The smallest absolute Gasteiger partial charge is 0.416 e. The Morgan fingerprint density at radius 1 is 0.368 bits per heavy atom. The van der Waals surface area contributed by atoms with E-state index in [1.165, 1.54) is 24.3 Å². The summed E-state index contributed by atoms with van der Waals surface area (Å²) in [6, 6.07) is 24.0. The Labute approximate surface area is 212 Å². The van der Waals surface area contributed by atoms with Crippen LogP contribution >= 0.6 is 0 Å². The summed E-state index contributed by atoms with van der Waals surface area (Å²) in [5, 5.41) is 5.53. The molecule has 0 aromatic heterocycles. The second kappa shape index (κ2) is 8.55. The highest BCUT2D eigenvalue weighted by molar-refractivity contribution is 6.23. The molecule has 0 unspecified atom stereocenters. The van der Waals surface area contributed by atoms with Crippen molar-refractivity contribution < 1.29 is 35.8 Å². The maximum absolute atomic E-state index is 12.8. The molecule has 0 aliphatic heterocycles. The second-order valence-corrected chi connectivity index (χ2v) is 8.87. The predicted octanol–water partition coefficient (Wildman–Crippen LogP) is 10.2. The summed E-state index contributed by atoms with van der Waals surface area (Å²) in [5.41, 5.74) is -1.50. The Kier molecular flexibility index (Phi) is 5.38. The van der Waals surface area contributed by atoms with Crippen LogP contribution in [0, 0.1) is 0 Å². The van der Waals surface area contributed by atoms with Gasteiger partial charge in [-0.05, 0) is 105 Å². The van der Waals surface area contributed by atoms with Gasteiger partial charge in [-0.15, -0.1) is 0 Å². The van der Waals surface area contributed by atoms with Gasteiger partial charge in [-0.2, -0.15) is 26.3 Å². The lowest BCUT2D eigenvalue weighted by Gasteiger charge is -2.15. The summed E-state index contributed by atoms with van der Waals surface area (Å²) in [6.45, 7) is 0. The third kappa shape index (κ3) is 4.42. The third-order valence-corrected chi connectivity index (χ3v) is 6.32. The molecule has 0 N–H and O–H groups in total. The first-order valence-electron chi connectivity index (χ1n) is 11.5. The molecule has 0 aliphatic carbocycles. The van der Waals surface area contributed by atoms with Crippen molar-refractivity contribution in [3.05, 3.63) is 108 Å². The fourth-order valence-corrected chi connectivity index (χ4v) is 4.59. The molecule has 6 aromatic rings. The third-order valence-electron chi connectivity index (χ3n) is 6.32. The molecule has 0 aliphatic rings. The summed E-state index contributed by atoms with van der Waals surface area (Å²) < 4.78 is 88.8. The van der Waals surface area contributed by atoms with E-state index < -0.39 is 23.5 Å². The summed E-state index contributed by atoms with van der Waals surface area (Å²) in [6.07, 6.45) is -8.84. The van der Waals surface area contributed by atoms with Crippen LogP contribution < -0.4 is 9.47 Å². The summed E-state index contributed by atoms with van der Waals surface area (Å²) in [5.74, 6) is 1.55. The number of rotatable bonds is 4. The normalized spacial score (nSPS) is 12.5. The van der Waals surface area contributed by atoms with Gasteiger partial charge in [0.25, 0.3) is 0 Å². The molecular formula is C30H16F6O2. The van der Waals surface area contributed by atoms with Crippen molar-refractivity contribution in [2.75, 3.05) is 0 Å². The molecule has 0 heterocycles. The van der Waals surface area contributed by atoms with Crippen molar-refractivity contribution in [2.45, 2.75) is 12.4 Å². The van der Waals surface area contributed by atoms with E-state index in [9.17, 15) is 26.3 Å². The van der Waals surface area contributed by atoms with Crippen LogP contribution in [0.2, 0.25) is 0 Å². The Balaban J connectivity index is 1.33. The average molecular weight is 522 g/mol. The maximum atomic E-state index is 12.8. The lowest BCUT2D eigenvalue weighted by Crippen LogP contribution is -2.04. The highest BCUT2D eigenvalue weighted by atomic mass is 19.4. The lowest BCUT2D eigenvalue weighted by atomic mass is 9.94. The largest absolute Gasteiger partial charge is 0.457 e. The molecule has 6 aromatic carbocycles. The van der Waals surface area contributed by atoms with Gasteiger partial charge in [-0.25, -0.2) is 0 Å². The van der Waals surface area contributed by atoms with Crippen LogP contribution in [0.5, 0.6) is 23.0 Å². The van der Waals surface area contributed by atoms with Gasteiger partial charge in [-0.1, -0.05) is 24.3 Å². The van der Waals surface area contributed by atoms with Crippen LogP contribution in [0.4, 0.5) is 26.3 Å². The zero-order valence-electron chi connectivity index (χ0n) is 19.3. The van der Waals surface area contributed by atoms with E-state index in [0.29, 0.717) is 11.5 Å². The molecule has 0 radical (unpaired) electrons. The lowest BCUT2D eigenvalue weighted by molar-refractivity contribution is -0.138. The van der Waals surface area contributed by atoms with Gasteiger partial charge in [0.15, 0.2) is 0 Å². The highest BCUT2D eigenvalue weighted by Gasteiger charge is 2.30.